The van der Waals surface area contributed by atoms with Gasteiger partial charge in [-0.05, 0) is 6.92 Å². The van der Waals surface area contributed by atoms with E-state index in [9.17, 15) is 35.4 Å². The lowest BCUT2D eigenvalue weighted by atomic mass is 9.80. The molecule has 2 aliphatic heterocycles. The first-order valence-electron chi connectivity index (χ1n) is 8.92. The molecule has 0 amide bonds. The minimum atomic E-state index is -1.66. The van der Waals surface area contributed by atoms with Crippen LogP contribution in [0.5, 0.6) is 0 Å². The van der Waals surface area contributed by atoms with Crippen LogP contribution in [0.15, 0.2) is 11.8 Å². The highest BCUT2D eigenvalue weighted by Crippen LogP contribution is 2.49. The molecule has 0 aromatic heterocycles. The van der Waals surface area contributed by atoms with Gasteiger partial charge in [0.25, 0.3) is 0 Å². The largest absolute Gasteiger partial charge is 0.471 e. The Labute approximate surface area is 160 Å². The quantitative estimate of drug-likeness (QED) is 0.262. The van der Waals surface area contributed by atoms with E-state index in [1.165, 1.54) is 14.0 Å². The molecule has 11 nitrogen and oxygen atoms in total. The van der Waals surface area contributed by atoms with Crippen molar-refractivity contribution in [3.63, 3.8) is 0 Å². The smallest absolute Gasteiger partial charge is 0.337 e. The van der Waals surface area contributed by atoms with Crippen molar-refractivity contribution in [3.8, 4) is 0 Å². The summed E-state index contributed by atoms with van der Waals surface area (Å²) in [7, 11) is 1.17. The van der Waals surface area contributed by atoms with Crippen molar-refractivity contribution in [1.82, 2.24) is 0 Å². The zero-order chi connectivity index (χ0) is 20.8. The van der Waals surface area contributed by atoms with Crippen LogP contribution in [0, 0.1) is 11.8 Å². The van der Waals surface area contributed by atoms with Crippen molar-refractivity contribution < 1.29 is 54.4 Å². The number of esters is 1. The molecule has 1 saturated carbocycles. The Bertz CT molecular complexity index is 618. The second kappa shape index (κ2) is 7.84. The maximum atomic E-state index is 12.0. The second-order valence-electron chi connectivity index (χ2n) is 7.58. The molecule has 3 rings (SSSR count). The molecule has 2 fully saturated rings. The summed E-state index contributed by atoms with van der Waals surface area (Å²) in [6.45, 7) is 0.819. The first kappa shape index (κ1) is 21.4. The van der Waals surface area contributed by atoms with Crippen molar-refractivity contribution in [2.45, 2.75) is 62.0 Å². The van der Waals surface area contributed by atoms with Crippen molar-refractivity contribution in [2.75, 3.05) is 13.7 Å². The number of hydrogen-bond acceptors (Lipinski definition) is 11. The summed E-state index contributed by atoms with van der Waals surface area (Å²) in [5, 5.41) is 60.4. The molecule has 0 aromatic carbocycles. The molecular weight excluding hydrogens is 380 g/mol. The lowest BCUT2D eigenvalue weighted by Crippen LogP contribution is -2.60. The lowest BCUT2D eigenvalue weighted by Gasteiger charge is -2.44. The number of methoxy groups -OCH3 is 1. The molecule has 1 saturated heterocycles. The van der Waals surface area contributed by atoms with Gasteiger partial charge in [0, 0.05) is 12.3 Å². The molecule has 160 valence electrons. The van der Waals surface area contributed by atoms with E-state index in [1.807, 2.05) is 0 Å². The third-order valence-corrected chi connectivity index (χ3v) is 5.66. The molecule has 0 spiro atoms. The van der Waals surface area contributed by atoms with Crippen LogP contribution in [-0.4, -0.2) is 99.0 Å². The standard InChI is InChI=1S/C17H26O11/c1-17(24)3-7(19)9-6(14(23)25-2)5-26-15(10(9)17)28-16-13(22)12(21)11(20)8(4-18)27-16/h5,7-13,15-16,18-22,24H,3-4H2,1-2H3/t7-,8-,9+,10-,11-,12+,13+,15+,16+,17-/m1/s1. The van der Waals surface area contributed by atoms with E-state index >= 15 is 0 Å². The molecule has 2 heterocycles. The first-order chi connectivity index (χ1) is 13.1. The molecule has 0 bridgehead atoms. The van der Waals surface area contributed by atoms with E-state index in [2.05, 4.69) is 0 Å². The molecule has 0 radical (unpaired) electrons. The van der Waals surface area contributed by atoms with Crippen molar-refractivity contribution in [1.29, 1.82) is 0 Å². The van der Waals surface area contributed by atoms with Crippen LogP contribution >= 0.6 is 0 Å². The van der Waals surface area contributed by atoms with E-state index in [4.69, 9.17) is 18.9 Å². The fourth-order valence-electron chi connectivity index (χ4n) is 4.21. The summed E-state index contributed by atoms with van der Waals surface area (Å²) >= 11 is 0. The number of ether oxygens (including phenoxy) is 4. The summed E-state index contributed by atoms with van der Waals surface area (Å²) in [4.78, 5) is 12.0. The van der Waals surface area contributed by atoms with E-state index in [1.54, 1.807) is 0 Å². The topological polar surface area (TPSA) is 175 Å². The van der Waals surface area contributed by atoms with E-state index in [0.29, 0.717) is 0 Å². The molecule has 6 N–H and O–H groups in total. The molecule has 11 heteroatoms. The average Bonchev–Trinajstić information content (AvgIpc) is 2.91. The van der Waals surface area contributed by atoms with Gasteiger partial charge in [-0.25, -0.2) is 4.79 Å². The number of carbonyl (C=O) groups is 1. The number of rotatable bonds is 4. The van der Waals surface area contributed by atoms with Crippen molar-refractivity contribution in [2.24, 2.45) is 11.8 Å². The van der Waals surface area contributed by atoms with Gasteiger partial charge in [0.2, 0.25) is 6.29 Å². The Hall–Kier alpha value is -1.31. The summed E-state index contributed by atoms with van der Waals surface area (Å²) in [6, 6.07) is 0. The number of aliphatic hydroxyl groups is 6. The van der Waals surface area contributed by atoms with Crippen LogP contribution in [0.1, 0.15) is 13.3 Å². The van der Waals surface area contributed by atoms with Crippen LogP contribution in [0.2, 0.25) is 0 Å². The van der Waals surface area contributed by atoms with Crippen LogP contribution < -0.4 is 0 Å². The summed E-state index contributed by atoms with van der Waals surface area (Å²) in [5.74, 6) is -2.50. The van der Waals surface area contributed by atoms with Crippen molar-refractivity contribution in [3.05, 3.63) is 11.8 Å². The number of hydrogen-bond donors (Lipinski definition) is 6. The highest BCUT2D eigenvalue weighted by molar-refractivity contribution is 5.89. The lowest BCUT2D eigenvalue weighted by molar-refractivity contribution is -0.346. The molecule has 0 aromatic rings. The highest BCUT2D eigenvalue weighted by atomic mass is 16.8. The maximum Gasteiger partial charge on any atom is 0.337 e. The number of carbonyl (C=O) groups excluding carboxylic acids is 1. The Kier molecular flexibility index (Phi) is 5.99. The molecule has 28 heavy (non-hydrogen) atoms. The van der Waals surface area contributed by atoms with E-state index in [0.717, 1.165) is 6.26 Å². The van der Waals surface area contributed by atoms with Gasteiger partial charge in [0.1, 0.15) is 24.4 Å². The monoisotopic (exact) mass is 406 g/mol. The van der Waals surface area contributed by atoms with E-state index < -0.39 is 73.1 Å². The van der Waals surface area contributed by atoms with Crippen LogP contribution in [-0.2, 0) is 23.7 Å². The zero-order valence-corrected chi connectivity index (χ0v) is 15.4. The minimum absolute atomic E-state index is 0.0337. The SMILES string of the molecule is COC(=O)C1=CO[C@@H](O[C@@H]2O[C@H](CO)[C@@H](O)[C@H](O)[C@@H]2O)[C@H]2[C@@H]1[C@H](O)C[C@@]2(C)O. The third-order valence-electron chi connectivity index (χ3n) is 5.66. The fraction of sp³-hybridized carbons (Fsp3) is 0.824. The van der Waals surface area contributed by atoms with Gasteiger partial charge in [-0.3, -0.25) is 0 Å². The van der Waals surface area contributed by atoms with Gasteiger partial charge < -0.3 is 49.6 Å². The highest BCUT2D eigenvalue weighted by Gasteiger charge is 2.59. The minimum Gasteiger partial charge on any atom is -0.471 e. The van der Waals surface area contributed by atoms with Gasteiger partial charge in [-0.2, -0.15) is 0 Å². The Morgan fingerprint density at radius 2 is 1.89 bits per heavy atom. The number of aliphatic hydroxyl groups excluding tert-OH is 5. The first-order valence-corrected chi connectivity index (χ1v) is 8.92. The van der Waals surface area contributed by atoms with Gasteiger partial charge in [0.05, 0.1) is 43.2 Å². The van der Waals surface area contributed by atoms with Gasteiger partial charge in [0.15, 0.2) is 6.29 Å². The molecule has 1 aliphatic carbocycles. The average molecular weight is 406 g/mol. The fourth-order valence-corrected chi connectivity index (χ4v) is 4.21. The normalized spacial score (nSPS) is 48.4. The Balaban J connectivity index is 1.86. The summed E-state index contributed by atoms with van der Waals surface area (Å²) < 4.78 is 21.1. The predicted octanol–water partition coefficient (Wildman–Crippen LogP) is -3.04. The van der Waals surface area contributed by atoms with Crippen LogP contribution in [0.25, 0.3) is 0 Å². The van der Waals surface area contributed by atoms with Gasteiger partial charge in [-0.1, -0.05) is 0 Å². The Morgan fingerprint density at radius 1 is 1.21 bits per heavy atom. The predicted molar refractivity (Wildman–Crippen MR) is 88.1 cm³/mol. The summed E-state index contributed by atoms with van der Waals surface area (Å²) in [6.07, 6.45) is -8.88. The second-order valence-corrected chi connectivity index (χ2v) is 7.58. The third kappa shape index (κ3) is 3.53. The number of fused-ring (bicyclic) bond motifs is 1. The van der Waals surface area contributed by atoms with Crippen LogP contribution in [0.3, 0.4) is 0 Å². The zero-order valence-electron chi connectivity index (χ0n) is 15.4. The Morgan fingerprint density at radius 3 is 2.50 bits per heavy atom. The van der Waals surface area contributed by atoms with Gasteiger partial charge in [-0.15, -0.1) is 0 Å². The van der Waals surface area contributed by atoms with Crippen LogP contribution in [0.4, 0.5) is 0 Å². The molecule has 0 unspecified atom stereocenters. The molecule has 3 aliphatic rings. The van der Waals surface area contributed by atoms with Crippen molar-refractivity contribution >= 4 is 5.97 Å². The molecule has 10 atom stereocenters. The van der Waals surface area contributed by atoms with Gasteiger partial charge >= 0.3 is 5.97 Å². The van der Waals surface area contributed by atoms with E-state index in [-0.39, 0.29) is 12.0 Å². The maximum absolute atomic E-state index is 12.0. The molecular formula is C17H26O11. The summed E-state index contributed by atoms with van der Waals surface area (Å²) in [5.41, 5.74) is -1.46.